The number of hydrogen-bond acceptors (Lipinski definition) is 8. The van der Waals surface area contributed by atoms with E-state index < -0.39 is 0 Å². The third-order valence-corrected chi connectivity index (χ3v) is 9.07. The van der Waals surface area contributed by atoms with Crippen molar-refractivity contribution >= 4 is 17.5 Å². The number of likely N-dealkylation sites (tertiary alicyclic amines) is 1. The minimum absolute atomic E-state index is 0.00575. The number of hydrogen-bond donors (Lipinski definition) is 0. The summed E-state index contributed by atoms with van der Waals surface area (Å²) in [6.45, 7) is 7.82. The smallest absolute Gasteiger partial charge is 0.247 e. The van der Waals surface area contributed by atoms with E-state index in [0.717, 1.165) is 76.2 Å². The Morgan fingerprint density at radius 1 is 0.927 bits per heavy atom. The normalized spacial score (nSPS) is 24.4. The summed E-state index contributed by atoms with van der Waals surface area (Å²) in [6.07, 6.45) is 7.30. The number of rotatable bonds is 9. The van der Waals surface area contributed by atoms with E-state index in [1.807, 2.05) is 23.1 Å². The van der Waals surface area contributed by atoms with E-state index in [1.165, 1.54) is 0 Å². The van der Waals surface area contributed by atoms with E-state index in [4.69, 9.17) is 14.6 Å². The van der Waals surface area contributed by atoms with E-state index in [-0.39, 0.29) is 29.7 Å². The van der Waals surface area contributed by atoms with Crippen LogP contribution in [0.4, 0.5) is 0 Å². The van der Waals surface area contributed by atoms with Crippen LogP contribution in [0.25, 0.3) is 0 Å². The van der Waals surface area contributed by atoms with Crippen molar-refractivity contribution in [3.05, 3.63) is 35.9 Å². The predicted molar refractivity (Wildman–Crippen MR) is 159 cm³/mol. The van der Waals surface area contributed by atoms with Crippen molar-refractivity contribution in [2.45, 2.75) is 31.7 Å². The molecule has 2 saturated heterocycles. The van der Waals surface area contributed by atoms with Gasteiger partial charge >= 0.3 is 0 Å². The number of allylic oxidation sites excluding steroid dienone is 2. The Hall–Kier alpha value is -2.95. The van der Waals surface area contributed by atoms with Crippen molar-refractivity contribution in [2.75, 3.05) is 87.2 Å². The molecule has 2 atom stereocenters. The van der Waals surface area contributed by atoms with E-state index in [9.17, 15) is 9.59 Å². The lowest BCUT2D eigenvalue weighted by Gasteiger charge is -2.43. The Balaban J connectivity index is 1.21. The lowest BCUT2D eigenvalue weighted by molar-refractivity contribution is -0.142. The van der Waals surface area contributed by atoms with Gasteiger partial charge in [-0.1, -0.05) is 12.2 Å². The molecule has 2 fully saturated rings. The molecule has 224 valence electrons. The molecule has 0 bridgehead atoms. The quantitative estimate of drug-likeness (QED) is 0.423. The maximum Gasteiger partial charge on any atom is 0.247 e. The third-order valence-electron chi connectivity index (χ3n) is 9.07. The first kappa shape index (κ1) is 29.5. The Morgan fingerprint density at radius 2 is 1.59 bits per heavy atom. The molecule has 1 aliphatic carbocycles. The molecule has 41 heavy (non-hydrogen) atoms. The molecule has 1 aromatic carbocycles. The van der Waals surface area contributed by atoms with Crippen LogP contribution < -0.4 is 9.47 Å². The van der Waals surface area contributed by atoms with Gasteiger partial charge < -0.3 is 19.3 Å². The van der Waals surface area contributed by atoms with Crippen LogP contribution in [-0.2, 0) is 9.59 Å². The molecule has 0 saturated carbocycles. The lowest BCUT2D eigenvalue weighted by atomic mass is 9.76. The number of piperidine rings is 1. The maximum atomic E-state index is 13.7. The van der Waals surface area contributed by atoms with Gasteiger partial charge in [0.25, 0.3) is 0 Å². The number of likely N-dealkylation sites (N-methyl/N-ethyl adjacent to an activating group) is 1. The highest BCUT2D eigenvalue weighted by Gasteiger charge is 2.43. The number of piperazine rings is 1. The number of methoxy groups -OCH3 is 2. The number of carbonyl (C=O) groups excluding carboxylic acids is 2. The Morgan fingerprint density at radius 3 is 2.24 bits per heavy atom. The summed E-state index contributed by atoms with van der Waals surface area (Å²) in [7, 11) is 7.47. The summed E-state index contributed by atoms with van der Waals surface area (Å²) in [4.78, 5) is 35.8. The van der Waals surface area contributed by atoms with Gasteiger partial charge in [0.2, 0.25) is 11.8 Å². The topological polar surface area (TPSA) is 81.2 Å². The van der Waals surface area contributed by atoms with E-state index in [0.29, 0.717) is 31.1 Å². The number of ether oxygens (including phenoxy) is 2. The third kappa shape index (κ3) is 6.76. The highest BCUT2D eigenvalue weighted by molar-refractivity contribution is 6.07. The van der Waals surface area contributed by atoms with Crippen LogP contribution in [0.5, 0.6) is 11.5 Å². The first-order valence-electron chi connectivity index (χ1n) is 15.0. The number of nitrogens with zero attached hydrogens (tertiary/aromatic N) is 6. The average molecular weight is 567 g/mol. The number of benzene rings is 1. The molecular formula is C31H46N6O4. The molecule has 10 nitrogen and oxygen atoms in total. The fourth-order valence-electron chi connectivity index (χ4n) is 6.49. The summed E-state index contributed by atoms with van der Waals surface area (Å²) < 4.78 is 11.0. The predicted octanol–water partition coefficient (Wildman–Crippen LogP) is 2.00. The second kappa shape index (κ2) is 13.4. The SMILES string of the molecule is COc1ccc(C2=NN(C3CCN(C(=O)CN4CCN(CCN(C)C)CC4)CC3)C(=O)[C@@H]3CC=CC[C@H]23)cc1OC. The molecule has 3 heterocycles. The summed E-state index contributed by atoms with van der Waals surface area (Å²) in [5.74, 6) is 1.57. The highest BCUT2D eigenvalue weighted by Crippen LogP contribution is 2.38. The minimum atomic E-state index is -0.114. The first-order valence-corrected chi connectivity index (χ1v) is 15.0. The van der Waals surface area contributed by atoms with Crippen molar-refractivity contribution in [3.8, 4) is 11.5 Å². The van der Waals surface area contributed by atoms with Gasteiger partial charge in [-0.2, -0.15) is 5.10 Å². The van der Waals surface area contributed by atoms with Crippen LogP contribution >= 0.6 is 0 Å². The van der Waals surface area contributed by atoms with Crippen molar-refractivity contribution in [2.24, 2.45) is 16.9 Å². The number of hydrazone groups is 1. The van der Waals surface area contributed by atoms with Gasteiger partial charge in [-0.3, -0.25) is 19.4 Å². The molecule has 10 heteroatoms. The zero-order valence-electron chi connectivity index (χ0n) is 25.1. The van der Waals surface area contributed by atoms with Gasteiger partial charge in [0.1, 0.15) is 0 Å². The molecule has 0 unspecified atom stereocenters. The van der Waals surface area contributed by atoms with Gasteiger partial charge in [-0.05, 0) is 58.0 Å². The van der Waals surface area contributed by atoms with Crippen LogP contribution in [0.2, 0.25) is 0 Å². The van der Waals surface area contributed by atoms with Crippen LogP contribution in [0.3, 0.4) is 0 Å². The molecule has 0 spiro atoms. The standard InChI is InChI=1S/C31H46N6O4/c1-33(2)15-16-34-17-19-35(20-18-34)22-29(38)36-13-11-24(12-14-36)37-31(39)26-8-6-5-7-25(26)30(32-37)23-9-10-27(40-3)28(21-23)41-4/h5-6,9-10,21,24-26H,7-8,11-20,22H2,1-4H3/t25-,26+/m0/s1. The Labute approximate surface area is 244 Å². The van der Waals surface area contributed by atoms with Crippen molar-refractivity contribution < 1.29 is 19.1 Å². The van der Waals surface area contributed by atoms with Crippen LogP contribution in [0, 0.1) is 11.8 Å². The zero-order valence-corrected chi connectivity index (χ0v) is 25.1. The molecule has 2 amide bonds. The minimum Gasteiger partial charge on any atom is -0.493 e. The highest BCUT2D eigenvalue weighted by atomic mass is 16.5. The van der Waals surface area contributed by atoms with Gasteiger partial charge in [-0.25, -0.2) is 5.01 Å². The lowest BCUT2D eigenvalue weighted by Crippen LogP contribution is -2.54. The second-order valence-corrected chi connectivity index (χ2v) is 11.9. The molecule has 3 aliphatic heterocycles. The average Bonchev–Trinajstić information content (AvgIpc) is 3.00. The summed E-state index contributed by atoms with van der Waals surface area (Å²) >= 11 is 0. The maximum absolute atomic E-state index is 13.7. The number of fused-ring (bicyclic) bond motifs is 1. The summed E-state index contributed by atoms with van der Waals surface area (Å²) in [6, 6.07) is 5.87. The zero-order chi connectivity index (χ0) is 28.9. The first-order chi connectivity index (χ1) is 19.9. The monoisotopic (exact) mass is 566 g/mol. The van der Waals surface area contributed by atoms with Crippen molar-refractivity contribution in [1.82, 2.24) is 24.6 Å². The number of amides is 2. The van der Waals surface area contributed by atoms with Crippen molar-refractivity contribution in [3.63, 3.8) is 0 Å². The molecule has 0 aromatic heterocycles. The van der Waals surface area contributed by atoms with E-state index in [2.05, 4.69) is 40.9 Å². The Kier molecular flexibility index (Phi) is 9.62. The van der Waals surface area contributed by atoms with Crippen LogP contribution in [0.1, 0.15) is 31.2 Å². The van der Waals surface area contributed by atoms with Gasteiger partial charge in [0.15, 0.2) is 11.5 Å². The number of carbonyl (C=O) groups is 2. The fourth-order valence-corrected chi connectivity index (χ4v) is 6.49. The van der Waals surface area contributed by atoms with E-state index >= 15 is 0 Å². The molecule has 0 N–H and O–H groups in total. The largest absolute Gasteiger partial charge is 0.493 e. The van der Waals surface area contributed by atoms with Gasteiger partial charge in [-0.15, -0.1) is 0 Å². The molecule has 5 rings (SSSR count). The molecule has 4 aliphatic rings. The summed E-state index contributed by atoms with van der Waals surface area (Å²) in [5.41, 5.74) is 1.89. The second-order valence-electron chi connectivity index (χ2n) is 11.9. The summed E-state index contributed by atoms with van der Waals surface area (Å²) in [5, 5.41) is 6.77. The van der Waals surface area contributed by atoms with Gasteiger partial charge in [0, 0.05) is 63.8 Å². The van der Waals surface area contributed by atoms with E-state index in [1.54, 1.807) is 19.2 Å². The molecule has 0 radical (unpaired) electrons. The Bertz CT molecular complexity index is 1140. The van der Waals surface area contributed by atoms with Crippen molar-refractivity contribution in [1.29, 1.82) is 0 Å². The fraction of sp³-hybridized carbons (Fsp3) is 0.645. The van der Waals surface area contributed by atoms with Crippen LogP contribution in [-0.4, -0.2) is 135 Å². The molecular weight excluding hydrogens is 520 g/mol. The van der Waals surface area contributed by atoms with Gasteiger partial charge in [0.05, 0.1) is 38.4 Å². The molecule has 1 aromatic rings. The van der Waals surface area contributed by atoms with Crippen LogP contribution in [0.15, 0.2) is 35.5 Å².